The molecule has 1 atom stereocenters. The molecule has 1 unspecified atom stereocenters. The summed E-state index contributed by atoms with van der Waals surface area (Å²) in [6, 6.07) is 3.82. The van der Waals surface area contributed by atoms with Gasteiger partial charge in [-0.25, -0.2) is 17.9 Å². The lowest BCUT2D eigenvalue weighted by atomic mass is 10.1. The fourth-order valence-corrected chi connectivity index (χ4v) is 2.68. The molecular weight excluding hydrogens is 269 g/mol. The van der Waals surface area contributed by atoms with Crippen LogP contribution in [0.4, 0.5) is 10.1 Å². The highest BCUT2D eigenvalue weighted by molar-refractivity contribution is 7.89. The monoisotopic (exact) mass is 287 g/mol. The Kier molecular flexibility index (Phi) is 4.38. The van der Waals surface area contributed by atoms with Crippen LogP contribution in [-0.2, 0) is 10.0 Å². The third kappa shape index (κ3) is 3.89. The highest BCUT2D eigenvalue weighted by Crippen LogP contribution is 2.20. The van der Waals surface area contributed by atoms with Crippen LogP contribution in [0.5, 0.6) is 0 Å². The maximum atomic E-state index is 13.8. The largest absolute Gasteiger partial charge is 0.379 e. The van der Waals surface area contributed by atoms with E-state index in [2.05, 4.69) is 10.6 Å². The summed E-state index contributed by atoms with van der Waals surface area (Å²) in [7, 11) is -3.86. The average Bonchev–Trinajstić information content (AvgIpc) is 2.59. The third-order valence-corrected chi connectivity index (χ3v) is 4.09. The van der Waals surface area contributed by atoms with E-state index in [4.69, 9.17) is 5.14 Å². The first-order chi connectivity index (χ1) is 8.97. The number of benzene rings is 1. The molecule has 0 aromatic heterocycles. The number of primary sulfonamides is 1. The summed E-state index contributed by atoms with van der Waals surface area (Å²) in [6.07, 6.45) is 3.16. The van der Waals surface area contributed by atoms with E-state index in [-0.39, 0.29) is 10.9 Å². The summed E-state index contributed by atoms with van der Waals surface area (Å²) >= 11 is 0. The molecule has 1 aromatic rings. The van der Waals surface area contributed by atoms with E-state index >= 15 is 0 Å². The first-order valence-corrected chi connectivity index (χ1v) is 7.81. The van der Waals surface area contributed by atoms with Gasteiger partial charge in [-0.05, 0) is 37.6 Å². The van der Waals surface area contributed by atoms with Gasteiger partial charge in [0.15, 0.2) is 0 Å². The van der Waals surface area contributed by atoms with Crippen LogP contribution in [-0.4, -0.2) is 27.5 Å². The highest BCUT2D eigenvalue weighted by atomic mass is 32.2. The molecule has 0 saturated carbocycles. The Hall–Kier alpha value is -1.18. The van der Waals surface area contributed by atoms with Crippen molar-refractivity contribution in [3.8, 4) is 0 Å². The molecule has 1 aliphatic rings. The Balaban J connectivity index is 2.12. The first-order valence-electron chi connectivity index (χ1n) is 6.26. The standard InChI is InChI=1S/C12H18FN3O2S/c13-11-7-10(19(14,17)18)4-5-12(11)16-9-3-1-2-6-15-8-9/h4-5,7,9,15-16H,1-3,6,8H2,(H2,14,17,18). The second-order valence-electron chi connectivity index (χ2n) is 4.73. The van der Waals surface area contributed by atoms with Gasteiger partial charge in [-0.15, -0.1) is 0 Å². The molecule has 4 N–H and O–H groups in total. The van der Waals surface area contributed by atoms with E-state index in [0.29, 0.717) is 5.69 Å². The van der Waals surface area contributed by atoms with Gasteiger partial charge >= 0.3 is 0 Å². The predicted molar refractivity (Wildman–Crippen MR) is 71.9 cm³/mol. The van der Waals surface area contributed by atoms with Gasteiger partial charge in [0.25, 0.3) is 0 Å². The van der Waals surface area contributed by atoms with E-state index in [0.717, 1.165) is 38.4 Å². The van der Waals surface area contributed by atoms with Crippen molar-refractivity contribution >= 4 is 15.7 Å². The maximum Gasteiger partial charge on any atom is 0.238 e. The molecule has 0 bridgehead atoms. The van der Waals surface area contributed by atoms with E-state index < -0.39 is 15.8 Å². The molecule has 0 spiro atoms. The number of hydrogen-bond donors (Lipinski definition) is 3. The molecule has 5 nitrogen and oxygen atoms in total. The molecule has 2 rings (SSSR count). The normalized spacial score (nSPS) is 20.8. The summed E-state index contributed by atoms with van der Waals surface area (Å²) < 4.78 is 36.1. The Morgan fingerprint density at radius 3 is 2.84 bits per heavy atom. The van der Waals surface area contributed by atoms with Gasteiger partial charge < -0.3 is 10.6 Å². The molecule has 1 aliphatic heterocycles. The van der Waals surface area contributed by atoms with Crippen LogP contribution in [0.3, 0.4) is 0 Å². The smallest absolute Gasteiger partial charge is 0.238 e. The molecule has 19 heavy (non-hydrogen) atoms. The van der Waals surface area contributed by atoms with Gasteiger partial charge in [-0.2, -0.15) is 0 Å². The zero-order valence-electron chi connectivity index (χ0n) is 10.5. The van der Waals surface area contributed by atoms with Gasteiger partial charge in [0.1, 0.15) is 5.82 Å². The van der Waals surface area contributed by atoms with Crippen LogP contribution in [0, 0.1) is 5.82 Å². The molecule has 1 heterocycles. The van der Waals surface area contributed by atoms with Crippen LogP contribution < -0.4 is 15.8 Å². The fraction of sp³-hybridized carbons (Fsp3) is 0.500. The third-order valence-electron chi connectivity index (χ3n) is 3.18. The van der Waals surface area contributed by atoms with Crippen molar-refractivity contribution in [2.45, 2.75) is 30.2 Å². The molecule has 0 radical (unpaired) electrons. The van der Waals surface area contributed by atoms with Crippen molar-refractivity contribution < 1.29 is 12.8 Å². The van der Waals surface area contributed by atoms with E-state index in [1.807, 2.05) is 0 Å². The van der Waals surface area contributed by atoms with Gasteiger partial charge in [0.05, 0.1) is 10.6 Å². The predicted octanol–water partition coefficient (Wildman–Crippen LogP) is 1.03. The molecule has 1 aromatic carbocycles. The van der Waals surface area contributed by atoms with E-state index in [1.54, 1.807) is 0 Å². The van der Waals surface area contributed by atoms with E-state index in [9.17, 15) is 12.8 Å². The van der Waals surface area contributed by atoms with E-state index in [1.165, 1.54) is 12.1 Å². The quantitative estimate of drug-likeness (QED) is 0.775. The minimum absolute atomic E-state index is 0.150. The van der Waals surface area contributed by atoms with Crippen LogP contribution in [0.2, 0.25) is 0 Å². The fourth-order valence-electron chi connectivity index (χ4n) is 2.15. The minimum atomic E-state index is -3.86. The lowest BCUT2D eigenvalue weighted by Crippen LogP contribution is -2.31. The number of hydrogen-bond acceptors (Lipinski definition) is 4. The van der Waals surface area contributed by atoms with Gasteiger partial charge in [0.2, 0.25) is 10.0 Å². The van der Waals surface area contributed by atoms with Crippen LogP contribution in [0.15, 0.2) is 23.1 Å². The van der Waals surface area contributed by atoms with Crippen LogP contribution >= 0.6 is 0 Å². The van der Waals surface area contributed by atoms with Crippen LogP contribution in [0.25, 0.3) is 0 Å². The molecular formula is C12H18FN3O2S. The van der Waals surface area contributed by atoms with Gasteiger partial charge in [0, 0.05) is 12.6 Å². The molecule has 1 saturated heterocycles. The SMILES string of the molecule is NS(=O)(=O)c1ccc(NC2CCCCNC2)c(F)c1. The minimum Gasteiger partial charge on any atom is -0.379 e. The van der Waals surface area contributed by atoms with Crippen molar-refractivity contribution in [2.24, 2.45) is 5.14 Å². The Morgan fingerprint density at radius 1 is 1.37 bits per heavy atom. The second kappa shape index (κ2) is 5.85. The van der Waals surface area contributed by atoms with Gasteiger partial charge in [-0.1, -0.05) is 6.42 Å². The van der Waals surface area contributed by atoms with Gasteiger partial charge in [-0.3, -0.25) is 0 Å². The number of anilines is 1. The molecule has 1 fully saturated rings. The molecule has 7 heteroatoms. The number of nitrogens with two attached hydrogens (primary N) is 1. The molecule has 0 aliphatic carbocycles. The Bertz CT molecular complexity index is 540. The van der Waals surface area contributed by atoms with Crippen molar-refractivity contribution in [2.75, 3.05) is 18.4 Å². The molecule has 0 amide bonds. The van der Waals surface area contributed by atoms with Crippen molar-refractivity contribution in [1.82, 2.24) is 5.32 Å². The molecule has 106 valence electrons. The van der Waals surface area contributed by atoms with Crippen molar-refractivity contribution in [1.29, 1.82) is 0 Å². The highest BCUT2D eigenvalue weighted by Gasteiger charge is 2.15. The number of nitrogens with one attached hydrogen (secondary N) is 2. The Labute approximate surface area is 112 Å². The zero-order valence-corrected chi connectivity index (χ0v) is 11.3. The number of sulfonamides is 1. The number of rotatable bonds is 3. The summed E-state index contributed by atoms with van der Waals surface area (Å²) in [5.41, 5.74) is 0.307. The summed E-state index contributed by atoms with van der Waals surface area (Å²) in [4.78, 5) is -0.213. The second-order valence-corrected chi connectivity index (χ2v) is 6.29. The summed E-state index contributed by atoms with van der Waals surface area (Å²) in [6.45, 7) is 1.75. The topological polar surface area (TPSA) is 84.2 Å². The lowest BCUT2D eigenvalue weighted by molar-refractivity contribution is 0.589. The van der Waals surface area contributed by atoms with Crippen molar-refractivity contribution in [3.05, 3.63) is 24.0 Å². The first kappa shape index (κ1) is 14.2. The Morgan fingerprint density at radius 2 is 2.16 bits per heavy atom. The van der Waals surface area contributed by atoms with Crippen LogP contribution in [0.1, 0.15) is 19.3 Å². The zero-order chi connectivity index (χ0) is 13.9. The lowest BCUT2D eigenvalue weighted by Gasteiger charge is -2.18. The maximum absolute atomic E-state index is 13.8. The number of halogens is 1. The van der Waals surface area contributed by atoms with Crippen molar-refractivity contribution in [3.63, 3.8) is 0 Å². The summed E-state index contributed by atoms with van der Waals surface area (Å²) in [5.74, 6) is -0.601. The summed E-state index contributed by atoms with van der Waals surface area (Å²) in [5, 5.41) is 11.3. The average molecular weight is 287 g/mol.